The van der Waals surface area contributed by atoms with Crippen molar-refractivity contribution in [2.75, 3.05) is 32.2 Å². The van der Waals surface area contributed by atoms with Gasteiger partial charge in [-0.15, -0.1) is 23.6 Å². The van der Waals surface area contributed by atoms with Gasteiger partial charge in [0.1, 0.15) is 0 Å². The molecule has 0 aliphatic rings. The molecule has 0 radical (unpaired) electrons. The Morgan fingerprint density at radius 3 is 1.59 bits per heavy atom. The maximum absolute atomic E-state index is 5.89. The third-order valence-electron chi connectivity index (χ3n) is 5.23. The molecule has 3 aromatic carbocycles. The van der Waals surface area contributed by atoms with Crippen LogP contribution in [0.5, 0.6) is 0 Å². The first-order valence-corrected chi connectivity index (χ1v) is 12.2. The first-order chi connectivity index (χ1) is 15.9. The summed E-state index contributed by atoms with van der Waals surface area (Å²) in [4.78, 5) is 0. The molecule has 0 spiro atoms. The lowest BCUT2D eigenvalue weighted by Gasteiger charge is -2.35. The predicted molar refractivity (Wildman–Crippen MR) is 136 cm³/mol. The number of ether oxygens (including phenoxy) is 2. The van der Waals surface area contributed by atoms with Crippen LogP contribution in [0.15, 0.2) is 91.0 Å². The number of benzene rings is 3. The molecular weight excluding hydrogens is 412 g/mol. The Hall–Kier alpha value is -2.51. The molecule has 0 aromatic heterocycles. The number of thioether (sulfide) groups is 1. The van der Waals surface area contributed by atoms with Gasteiger partial charge in [-0.25, -0.2) is 0 Å². The van der Waals surface area contributed by atoms with E-state index in [4.69, 9.17) is 9.47 Å². The molecular formula is C29H32O2S. The summed E-state index contributed by atoms with van der Waals surface area (Å²) in [5.74, 6) is 6.85. The molecule has 0 atom stereocenters. The van der Waals surface area contributed by atoms with Gasteiger partial charge in [0.25, 0.3) is 0 Å². The molecule has 0 aliphatic carbocycles. The smallest absolute Gasteiger partial charge is 0.0907 e. The molecule has 32 heavy (non-hydrogen) atoms. The second kappa shape index (κ2) is 13.8. The van der Waals surface area contributed by atoms with Gasteiger partial charge in [0.15, 0.2) is 0 Å². The minimum atomic E-state index is -0.288. The van der Waals surface area contributed by atoms with Crippen LogP contribution < -0.4 is 0 Å². The summed E-state index contributed by atoms with van der Waals surface area (Å²) < 4.78 is 11.2. The van der Waals surface area contributed by atoms with Crippen LogP contribution in [-0.2, 0) is 14.2 Å². The van der Waals surface area contributed by atoms with Gasteiger partial charge in [-0.1, -0.05) is 91.0 Å². The first kappa shape index (κ1) is 24.1. The second-order valence-corrected chi connectivity index (χ2v) is 8.69. The highest BCUT2D eigenvalue weighted by molar-refractivity contribution is 8.00. The molecule has 3 aromatic rings. The van der Waals surface area contributed by atoms with Gasteiger partial charge in [-0.2, -0.15) is 0 Å². The topological polar surface area (TPSA) is 18.5 Å². The molecule has 2 nitrogen and oxygen atoms in total. The predicted octanol–water partition coefficient (Wildman–Crippen LogP) is 6.55. The van der Waals surface area contributed by atoms with Crippen LogP contribution in [0.2, 0.25) is 0 Å². The fourth-order valence-electron chi connectivity index (χ4n) is 3.73. The zero-order valence-corrected chi connectivity index (χ0v) is 19.7. The molecule has 3 heteroatoms. The summed E-state index contributed by atoms with van der Waals surface area (Å²) in [5, 5.41) is 0. The lowest BCUT2D eigenvalue weighted by atomic mass is 9.84. The van der Waals surface area contributed by atoms with Crippen LogP contribution >= 0.6 is 11.8 Å². The molecule has 0 N–H and O–H groups in total. The van der Waals surface area contributed by atoms with Crippen molar-refractivity contribution < 1.29 is 9.47 Å². The molecule has 0 fully saturated rings. The van der Waals surface area contributed by atoms with Crippen molar-refractivity contribution >= 4 is 11.8 Å². The quantitative estimate of drug-likeness (QED) is 0.169. The fourth-order valence-corrected chi connectivity index (χ4v) is 5.15. The van der Waals surface area contributed by atoms with Crippen molar-refractivity contribution in [1.82, 2.24) is 0 Å². The molecule has 0 bridgehead atoms. The number of unbranched alkanes of at least 4 members (excludes halogenated alkanes) is 1. The molecule has 0 saturated carbocycles. The Morgan fingerprint density at radius 1 is 0.656 bits per heavy atom. The maximum atomic E-state index is 5.89. The number of hydrogen-bond acceptors (Lipinski definition) is 3. The third kappa shape index (κ3) is 6.74. The van der Waals surface area contributed by atoms with Crippen molar-refractivity contribution in [3.05, 3.63) is 108 Å². The second-order valence-electron chi connectivity index (χ2n) is 7.38. The summed E-state index contributed by atoms with van der Waals surface area (Å²) in [6.07, 6.45) is 1.87. The van der Waals surface area contributed by atoms with Gasteiger partial charge in [0, 0.05) is 18.8 Å². The van der Waals surface area contributed by atoms with E-state index in [1.807, 2.05) is 18.7 Å². The minimum absolute atomic E-state index is 0.288. The largest absolute Gasteiger partial charge is 0.379 e. The normalized spacial score (nSPS) is 11.0. The van der Waals surface area contributed by atoms with Crippen molar-refractivity contribution in [3.8, 4) is 11.8 Å². The zero-order chi connectivity index (χ0) is 22.3. The van der Waals surface area contributed by atoms with E-state index in [0.29, 0.717) is 19.8 Å². The molecule has 3 rings (SSSR count). The van der Waals surface area contributed by atoms with E-state index in [-0.39, 0.29) is 4.75 Å². The van der Waals surface area contributed by atoms with E-state index < -0.39 is 0 Å². The zero-order valence-electron chi connectivity index (χ0n) is 18.8. The van der Waals surface area contributed by atoms with E-state index in [1.54, 1.807) is 0 Å². The van der Waals surface area contributed by atoms with E-state index in [9.17, 15) is 0 Å². The summed E-state index contributed by atoms with van der Waals surface area (Å²) in [6.45, 7) is 4.55. The van der Waals surface area contributed by atoms with Crippen LogP contribution in [0.1, 0.15) is 36.5 Å². The average Bonchev–Trinajstić information content (AvgIpc) is 2.87. The maximum Gasteiger partial charge on any atom is 0.0907 e. The lowest BCUT2D eigenvalue weighted by molar-refractivity contribution is 0.0532. The Balaban J connectivity index is 1.66. The van der Waals surface area contributed by atoms with Crippen LogP contribution in [-0.4, -0.2) is 32.2 Å². The van der Waals surface area contributed by atoms with Gasteiger partial charge in [0.05, 0.1) is 24.6 Å². The molecule has 0 unspecified atom stereocenters. The van der Waals surface area contributed by atoms with Gasteiger partial charge in [-0.05, 0) is 30.0 Å². The van der Waals surface area contributed by atoms with Crippen LogP contribution in [0.4, 0.5) is 0 Å². The summed E-state index contributed by atoms with van der Waals surface area (Å²) in [7, 11) is 0. The Morgan fingerprint density at radius 2 is 1.12 bits per heavy atom. The first-order valence-electron chi connectivity index (χ1n) is 11.2. The standard InChI is InChI=1S/C29H32O2S/c1-2-3-4-14-21-30-22-23-31-24-25-32-29(26-15-8-5-9-16-26,27-17-10-6-11-18-27)28-19-12-7-13-20-28/h5-13,15-20H,4,14,21-25H2,1H3. The monoisotopic (exact) mass is 444 g/mol. The van der Waals surface area contributed by atoms with Crippen molar-refractivity contribution in [1.29, 1.82) is 0 Å². The van der Waals surface area contributed by atoms with Gasteiger partial charge >= 0.3 is 0 Å². The van der Waals surface area contributed by atoms with Crippen LogP contribution in [0.3, 0.4) is 0 Å². The lowest BCUT2D eigenvalue weighted by Crippen LogP contribution is -2.26. The van der Waals surface area contributed by atoms with E-state index in [1.165, 1.54) is 16.7 Å². The number of hydrogen-bond donors (Lipinski definition) is 0. The number of rotatable bonds is 13. The van der Waals surface area contributed by atoms with Gasteiger partial charge < -0.3 is 9.47 Å². The minimum Gasteiger partial charge on any atom is -0.379 e. The molecule has 166 valence electrons. The van der Waals surface area contributed by atoms with Crippen molar-refractivity contribution in [3.63, 3.8) is 0 Å². The van der Waals surface area contributed by atoms with E-state index in [0.717, 1.165) is 25.2 Å². The van der Waals surface area contributed by atoms with Crippen molar-refractivity contribution in [2.45, 2.75) is 24.5 Å². The Kier molecular flexibility index (Phi) is 10.4. The molecule has 0 heterocycles. The molecule has 0 aliphatic heterocycles. The third-order valence-corrected chi connectivity index (χ3v) is 6.74. The Bertz CT molecular complexity index is 849. The molecule has 0 amide bonds. The highest BCUT2D eigenvalue weighted by atomic mass is 32.2. The average molecular weight is 445 g/mol. The highest BCUT2D eigenvalue weighted by Gasteiger charge is 2.36. The molecule has 0 saturated heterocycles. The van der Waals surface area contributed by atoms with Crippen LogP contribution in [0, 0.1) is 11.8 Å². The summed E-state index contributed by atoms with van der Waals surface area (Å²) in [5.41, 5.74) is 3.84. The summed E-state index contributed by atoms with van der Waals surface area (Å²) >= 11 is 1.92. The summed E-state index contributed by atoms with van der Waals surface area (Å²) in [6, 6.07) is 32.3. The van der Waals surface area contributed by atoms with Gasteiger partial charge in [-0.3, -0.25) is 0 Å². The van der Waals surface area contributed by atoms with E-state index >= 15 is 0 Å². The SMILES string of the molecule is CC#CCCCOCCOCCSC(c1ccccc1)(c1ccccc1)c1ccccc1. The van der Waals surface area contributed by atoms with Crippen molar-refractivity contribution in [2.24, 2.45) is 0 Å². The highest BCUT2D eigenvalue weighted by Crippen LogP contribution is 2.48. The fraction of sp³-hybridized carbons (Fsp3) is 0.310. The Labute approximate surface area is 197 Å². The van der Waals surface area contributed by atoms with E-state index in [2.05, 4.69) is 103 Å². The van der Waals surface area contributed by atoms with Gasteiger partial charge in [0.2, 0.25) is 0 Å². The van der Waals surface area contributed by atoms with Crippen LogP contribution in [0.25, 0.3) is 0 Å².